The molecule has 1 aromatic rings. The minimum Gasteiger partial charge on any atom is -0.392 e. The minimum absolute atomic E-state index is 0.270. The van der Waals surface area contributed by atoms with Crippen LogP contribution < -0.4 is 0 Å². The number of aromatic nitrogens is 2. The first kappa shape index (κ1) is 14.8. The second kappa shape index (κ2) is 6.71. The molecule has 0 amide bonds. The number of hydrogen-bond acceptors (Lipinski definition) is 2. The second-order valence-corrected chi connectivity index (χ2v) is 5.99. The summed E-state index contributed by atoms with van der Waals surface area (Å²) in [5.41, 5.74) is 2.23. The topological polar surface area (TPSA) is 38.0 Å². The largest absolute Gasteiger partial charge is 0.392 e. The summed E-state index contributed by atoms with van der Waals surface area (Å²) in [6.07, 6.45) is 8.94. The number of aryl methyl sites for hydroxylation is 2. The standard InChI is InChI=1S/C15H23BrN2O/c1-3-12-15(16)13(18(4-2)17-12)10-14(19)11-8-6-5-7-9-11/h5-6,11,14,19H,3-4,7-10H2,1-2H3. The number of rotatable bonds is 5. The first-order valence-corrected chi connectivity index (χ1v) is 8.03. The second-order valence-electron chi connectivity index (χ2n) is 5.19. The molecule has 0 fully saturated rings. The van der Waals surface area contributed by atoms with Crippen LogP contribution in [-0.4, -0.2) is 21.0 Å². The molecular formula is C15H23BrN2O. The van der Waals surface area contributed by atoms with Crippen molar-refractivity contribution in [2.45, 2.75) is 58.6 Å². The lowest BCUT2D eigenvalue weighted by molar-refractivity contribution is 0.0999. The fourth-order valence-electron chi connectivity index (χ4n) is 2.74. The highest BCUT2D eigenvalue weighted by molar-refractivity contribution is 9.10. The van der Waals surface area contributed by atoms with E-state index in [0.29, 0.717) is 12.3 Å². The van der Waals surface area contributed by atoms with Crippen molar-refractivity contribution in [2.24, 2.45) is 5.92 Å². The predicted octanol–water partition coefficient (Wildman–Crippen LogP) is 3.49. The molecule has 2 atom stereocenters. The van der Waals surface area contributed by atoms with Gasteiger partial charge in [-0.1, -0.05) is 19.1 Å². The Balaban J connectivity index is 2.13. The van der Waals surface area contributed by atoms with Crippen molar-refractivity contribution in [3.05, 3.63) is 28.0 Å². The van der Waals surface area contributed by atoms with Crippen LogP contribution in [0, 0.1) is 5.92 Å². The molecule has 0 bridgehead atoms. The normalized spacial score (nSPS) is 20.7. The highest BCUT2D eigenvalue weighted by atomic mass is 79.9. The van der Waals surface area contributed by atoms with E-state index in [9.17, 15) is 5.11 Å². The van der Waals surface area contributed by atoms with Crippen LogP contribution in [0.2, 0.25) is 0 Å². The first-order chi connectivity index (χ1) is 9.17. The van der Waals surface area contributed by atoms with E-state index in [2.05, 4.69) is 47.0 Å². The molecule has 4 heteroatoms. The smallest absolute Gasteiger partial charge is 0.0766 e. The molecule has 2 rings (SSSR count). The summed E-state index contributed by atoms with van der Waals surface area (Å²) in [6, 6.07) is 0. The summed E-state index contributed by atoms with van der Waals surface area (Å²) < 4.78 is 3.10. The Bertz CT molecular complexity index is 453. The van der Waals surface area contributed by atoms with Crippen LogP contribution in [0.5, 0.6) is 0 Å². The molecule has 3 nitrogen and oxygen atoms in total. The van der Waals surface area contributed by atoms with Crippen LogP contribution in [0.4, 0.5) is 0 Å². The Morgan fingerprint density at radius 3 is 2.84 bits per heavy atom. The highest BCUT2D eigenvalue weighted by Gasteiger charge is 2.23. The maximum Gasteiger partial charge on any atom is 0.0766 e. The average Bonchev–Trinajstić information content (AvgIpc) is 2.76. The van der Waals surface area contributed by atoms with Crippen molar-refractivity contribution in [3.8, 4) is 0 Å². The molecule has 0 radical (unpaired) electrons. The molecule has 1 aliphatic carbocycles. The molecule has 106 valence electrons. The number of allylic oxidation sites excluding steroid dienone is 2. The number of nitrogens with zero attached hydrogens (tertiary/aromatic N) is 2. The molecule has 1 N–H and O–H groups in total. The van der Waals surface area contributed by atoms with Gasteiger partial charge in [0.05, 0.1) is 22.0 Å². The Morgan fingerprint density at radius 1 is 1.47 bits per heavy atom. The average molecular weight is 327 g/mol. The Morgan fingerprint density at radius 2 is 2.26 bits per heavy atom. The van der Waals surface area contributed by atoms with Crippen molar-refractivity contribution in [1.82, 2.24) is 9.78 Å². The van der Waals surface area contributed by atoms with Crippen LogP contribution in [0.15, 0.2) is 16.6 Å². The maximum atomic E-state index is 10.5. The third-order valence-electron chi connectivity index (χ3n) is 3.95. The van der Waals surface area contributed by atoms with E-state index in [-0.39, 0.29) is 6.10 Å². The third-order valence-corrected chi connectivity index (χ3v) is 4.87. The first-order valence-electron chi connectivity index (χ1n) is 7.24. The molecule has 1 aliphatic rings. The summed E-state index contributed by atoms with van der Waals surface area (Å²) >= 11 is 3.65. The van der Waals surface area contributed by atoms with Gasteiger partial charge in [-0.2, -0.15) is 5.10 Å². The van der Waals surface area contributed by atoms with Gasteiger partial charge in [0.1, 0.15) is 0 Å². The molecule has 0 aromatic carbocycles. The molecule has 2 unspecified atom stereocenters. The zero-order valence-corrected chi connectivity index (χ0v) is 13.4. The summed E-state index contributed by atoms with van der Waals surface area (Å²) in [5.74, 6) is 0.391. The van der Waals surface area contributed by atoms with Gasteiger partial charge in [-0.25, -0.2) is 0 Å². The Hall–Kier alpha value is -0.610. The Labute approximate surface area is 123 Å². The zero-order valence-electron chi connectivity index (χ0n) is 11.8. The number of aliphatic hydroxyl groups excluding tert-OH is 1. The van der Waals surface area contributed by atoms with E-state index in [1.807, 2.05) is 4.68 Å². The van der Waals surface area contributed by atoms with Gasteiger partial charge in [-0.3, -0.25) is 4.68 Å². The molecule has 1 heterocycles. The highest BCUT2D eigenvalue weighted by Crippen LogP contribution is 2.28. The lowest BCUT2D eigenvalue weighted by atomic mass is 9.87. The molecule has 0 spiro atoms. The van der Waals surface area contributed by atoms with Crippen molar-refractivity contribution < 1.29 is 5.11 Å². The van der Waals surface area contributed by atoms with Gasteiger partial charge in [-0.05, 0) is 54.5 Å². The van der Waals surface area contributed by atoms with E-state index in [0.717, 1.165) is 48.1 Å². The molecular weight excluding hydrogens is 304 g/mol. The predicted molar refractivity (Wildman–Crippen MR) is 81.2 cm³/mol. The van der Waals surface area contributed by atoms with Crippen molar-refractivity contribution in [2.75, 3.05) is 0 Å². The molecule has 0 saturated carbocycles. The lowest BCUT2D eigenvalue weighted by Crippen LogP contribution is -2.25. The van der Waals surface area contributed by atoms with Gasteiger partial charge in [0, 0.05) is 13.0 Å². The van der Waals surface area contributed by atoms with Gasteiger partial charge < -0.3 is 5.11 Å². The van der Waals surface area contributed by atoms with E-state index < -0.39 is 0 Å². The van der Waals surface area contributed by atoms with E-state index in [1.165, 1.54) is 0 Å². The van der Waals surface area contributed by atoms with Crippen molar-refractivity contribution in [1.29, 1.82) is 0 Å². The van der Waals surface area contributed by atoms with Crippen molar-refractivity contribution >= 4 is 15.9 Å². The number of halogens is 1. The van der Waals surface area contributed by atoms with Crippen molar-refractivity contribution in [3.63, 3.8) is 0 Å². The third kappa shape index (κ3) is 3.29. The van der Waals surface area contributed by atoms with Crippen LogP contribution in [0.3, 0.4) is 0 Å². The van der Waals surface area contributed by atoms with Crippen LogP contribution in [0.25, 0.3) is 0 Å². The van der Waals surface area contributed by atoms with Gasteiger partial charge in [0.25, 0.3) is 0 Å². The van der Waals surface area contributed by atoms with Gasteiger partial charge in [0.2, 0.25) is 0 Å². The van der Waals surface area contributed by atoms with Gasteiger partial charge >= 0.3 is 0 Å². The monoisotopic (exact) mass is 326 g/mol. The van der Waals surface area contributed by atoms with Gasteiger partial charge in [0.15, 0.2) is 0 Å². The Kier molecular flexibility index (Phi) is 5.22. The van der Waals surface area contributed by atoms with Gasteiger partial charge in [-0.15, -0.1) is 0 Å². The van der Waals surface area contributed by atoms with E-state index in [4.69, 9.17) is 0 Å². The van der Waals surface area contributed by atoms with Crippen LogP contribution >= 0.6 is 15.9 Å². The summed E-state index contributed by atoms with van der Waals surface area (Å²) in [6.45, 7) is 5.06. The fourth-order valence-corrected chi connectivity index (χ4v) is 3.47. The number of hydrogen-bond donors (Lipinski definition) is 1. The van der Waals surface area contributed by atoms with Crippen LogP contribution in [-0.2, 0) is 19.4 Å². The SMILES string of the molecule is CCc1nn(CC)c(CC(O)C2CC=CCC2)c1Br. The summed E-state index contributed by atoms with van der Waals surface area (Å²) in [4.78, 5) is 0. The maximum absolute atomic E-state index is 10.5. The molecule has 0 aliphatic heterocycles. The zero-order chi connectivity index (χ0) is 13.8. The fraction of sp³-hybridized carbons (Fsp3) is 0.667. The molecule has 0 saturated heterocycles. The minimum atomic E-state index is -0.270. The summed E-state index contributed by atoms with van der Waals surface area (Å²) in [5, 5.41) is 15.0. The van der Waals surface area contributed by atoms with E-state index >= 15 is 0 Å². The number of aliphatic hydroxyl groups is 1. The van der Waals surface area contributed by atoms with Crippen LogP contribution in [0.1, 0.15) is 44.5 Å². The lowest BCUT2D eigenvalue weighted by Gasteiger charge is -2.24. The molecule has 1 aromatic heterocycles. The summed E-state index contributed by atoms with van der Waals surface area (Å²) in [7, 11) is 0. The van der Waals surface area contributed by atoms with E-state index in [1.54, 1.807) is 0 Å². The quantitative estimate of drug-likeness (QED) is 0.841. The molecule has 19 heavy (non-hydrogen) atoms.